The number of rotatable bonds is 7. The van der Waals surface area contributed by atoms with Crippen molar-refractivity contribution in [3.63, 3.8) is 0 Å². The Bertz CT molecular complexity index is 182. The first kappa shape index (κ1) is 15.0. The van der Waals surface area contributed by atoms with Gasteiger partial charge in [0.1, 0.15) is 0 Å². The first-order valence-corrected chi connectivity index (χ1v) is 7.96. The number of hydrogen-bond donors (Lipinski definition) is 1. The molecule has 17 heavy (non-hydrogen) atoms. The van der Waals surface area contributed by atoms with E-state index in [1.54, 1.807) is 0 Å². The molecule has 1 aliphatic carbocycles. The highest BCUT2D eigenvalue weighted by molar-refractivity contribution is 4.84. The second-order valence-electron chi connectivity index (χ2n) is 6.05. The average Bonchev–Trinajstić information content (AvgIpc) is 2.39. The highest BCUT2D eigenvalue weighted by Gasteiger charge is 2.29. The first-order valence-electron chi connectivity index (χ1n) is 7.96. The van der Waals surface area contributed by atoms with Gasteiger partial charge in [0, 0.05) is 6.04 Å². The van der Waals surface area contributed by atoms with Gasteiger partial charge in [-0.1, -0.05) is 53.4 Å². The molecule has 0 bridgehead atoms. The van der Waals surface area contributed by atoms with Gasteiger partial charge >= 0.3 is 0 Å². The summed E-state index contributed by atoms with van der Waals surface area (Å²) < 4.78 is 0. The molecule has 0 spiro atoms. The third-order valence-electron chi connectivity index (χ3n) is 4.86. The zero-order valence-corrected chi connectivity index (χ0v) is 12.5. The van der Waals surface area contributed by atoms with E-state index in [2.05, 4.69) is 33.0 Å². The van der Waals surface area contributed by atoms with Crippen molar-refractivity contribution < 1.29 is 0 Å². The maximum Gasteiger partial charge on any atom is 0.0121 e. The molecule has 0 heterocycles. The molecule has 1 nitrogen and oxygen atoms in total. The lowest BCUT2D eigenvalue weighted by Gasteiger charge is -2.37. The molecule has 0 amide bonds. The maximum atomic E-state index is 3.82. The summed E-state index contributed by atoms with van der Waals surface area (Å²) >= 11 is 0. The average molecular weight is 239 g/mol. The fraction of sp³-hybridized carbons (Fsp3) is 1.00. The maximum absolute atomic E-state index is 3.82. The Morgan fingerprint density at radius 2 is 1.71 bits per heavy atom. The van der Waals surface area contributed by atoms with Crippen molar-refractivity contribution in [3.05, 3.63) is 0 Å². The first-order chi connectivity index (χ1) is 8.22. The molecule has 0 aromatic heterocycles. The number of hydrogen-bond acceptors (Lipinski definition) is 1. The van der Waals surface area contributed by atoms with Crippen molar-refractivity contribution in [1.82, 2.24) is 5.32 Å². The summed E-state index contributed by atoms with van der Waals surface area (Å²) in [7, 11) is 0. The second kappa shape index (κ2) is 8.13. The summed E-state index contributed by atoms with van der Waals surface area (Å²) in [5.74, 6) is 2.80. The van der Waals surface area contributed by atoms with E-state index >= 15 is 0 Å². The van der Waals surface area contributed by atoms with Gasteiger partial charge in [0.25, 0.3) is 0 Å². The Hall–Kier alpha value is -0.0400. The molecular weight excluding hydrogens is 206 g/mol. The normalized spacial score (nSPS) is 28.9. The van der Waals surface area contributed by atoms with Gasteiger partial charge in [-0.15, -0.1) is 0 Å². The zero-order valence-electron chi connectivity index (χ0n) is 12.5. The van der Waals surface area contributed by atoms with Gasteiger partial charge < -0.3 is 5.32 Å². The van der Waals surface area contributed by atoms with Gasteiger partial charge in [-0.05, 0) is 43.6 Å². The van der Waals surface area contributed by atoms with Crippen molar-refractivity contribution in [2.75, 3.05) is 6.54 Å². The van der Waals surface area contributed by atoms with E-state index in [4.69, 9.17) is 0 Å². The quantitative estimate of drug-likeness (QED) is 0.683. The lowest BCUT2D eigenvalue weighted by atomic mass is 9.74. The van der Waals surface area contributed by atoms with Gasteiger partial charge in [0.15, 0.2) is 0 Å². The monoisotopic (exact) mass is 239 g/mol. The molecule has 1 saturated carbocycles. The SMILES string of the molecule is CCCNC(C(C)CC)C1CCC(CC)CC1. The minimum absolute atomic E-state index is 0.776. The molecule has 2 unspecified atom stereocenters. The van der Waals surface area contributed by atoms with Crippen LogP contribution in [0, 0.1) is 17.8 Å². The van der Waals surface area contributed by atoms with E-state index in [0.717, 1.165) is 23.8 Å². The molecule has 1 fully saturated rings. The van der Waals surface area contributed by atoms with Gasteiger partial charge in [-0.2, -0.15) is 0 Å². The van der Waals surface area contributed by atoms with Crippen molar-refractivity contribution >= 4 is 0 Å². The minimum Gasteiger partial charge on any atom is -0.313 e. The van der Waals surface area contributed by atoms with Crippen LogP contribution in [-0.2, 0) is 0 Å². The molecule has 1 rings (SSSR count). The predicted molar refractivity (Wildman–Crippen MR) is 77.3 cm³/mol. The fourth-order valence-corrected chi connectivity index (χ4v) is 3.35. The molecule has 1 heteroatoms. The summed E-state index contributed by atoms with van der Waals surface area (Å²) in [5, 5.41) is 3.82. The van der Waals surface area contributed by atoms with E-state index in [9.17, 15) is 0 Å². The Labute approximate surface area is 109 Å². The van der Waals surface area contributed by atoms with Gasteiger partial charge in [0.05, 0.1) is 0 Å². The molecular formula is C16H33N. The molecule has 0 saturated heterocycles. The standard InChI is InChI=1S/C16H33N/c1-5-12-17-16(13(4)6-2)15-10-8-14(7-3)9-11-15/h13-17H,5-12H2,1-4H3. The van der Waals surface area contributed by atoms with Crippen LogP contribution in [0.3, 0.4) is 0 Å². The Balaban J connectivity index is 2.46. The lowest BCUT2D eigenvalue weighted by molar-refractivity contribution is 0.179. The molecule has 0 aromatic rings. The Kier molecular flexibility index (Phi) is 7.18. The Morgan fingerprint density at radius 3 is 2.18 bits per heavy atom. The molecule has 1 aliphatic rings. The minimum atomic E-state index is 0.776. The predicted octanol–water partition coefficient (Wildman–Crippen LogP) is 4.62. The zero-order chi connectivity index (χ0) is 12.7. The lowest BCUT2D eigenvalue weighted by Crippen LogP contribution is -2.43. The van der Waals surface area contributed by atoms with Crippen molar-refractivity contribution in [2.45, 2.75) is 78.7 Å². The molecule has 2 atom stereocenters. The van der Waals surface area contributed by atoms with Crippen LogP contribution in [-0.4, -0.2) is 12.6 Å². The molecule has 0 radical (unpaired) electrons. The van der Waals surface area contributed by atoms with Crippen LogP contribution in [0.4, 0.5) is 0 Å². The van der Waals surface area contributed by atoms with Crippen molar-refractivity contribution in [3.8, 4) is 0 Å². The van der Waals surface area contributed by atoms with Gasteiger partial charge in [-0.3, -0.25) is 0 Å². The van der Waals surface area contributed by atoms with E-state index in [-0.39, 0.29) is 0 Å². The topological polar surface area (TPSA) is 12.0 Å². The molecule has 0 aromatic carbocycles. The highest BCUT2D eigenvalue weighted by atomic mass is 14.9. The van der Waals surface area contributed by atoms with Crippen LogP contribution in [0.15, 0.2) is 0 Å². The molecule has 0 aliphatic heterocycles. The highest BCUT2D eigenvalue weighted by Crippen LogP contribution is 2.34. The summed E-state index contributed by atoms with van der Waals surface area (Å²) in [6, 6.07) is 0.776. The van der Waals surface area contributed by atoms with Crippen LogP contribution >= 0.6 is 0 Å². The summed E-state index contributed by atoms with van der Waals surface area (Å²) in [5.41, 5.74) is 0. The van der Waals surface area contributed by atoms with Crippen LogP contribution in [0.25, 0.3) is 0 Å². The smallest absolute Gasteiger partial charge is 0.0121 e. The van der Waals surface area contributed by atoms with E-state index in [1.165, 1.54) is 51.5 Å². The van der Waals surface area contributed by atoms with Crippen LogP contribution in [0.2, 0.25) is 0 Å². The van der Waals surface area contributed by atoms with Crippen LogP contribution < -0.4 is 5.32 Å². The van der Waals surface area contributed by atoms with E-state index in [1.807, 2.05) is 0 Å². The number of nitrogens with one attached hydrogen (secondary N) is 1. The largest absolute Gasteiger partial charge is 0.313 e. The third kappa shape index (κ3) is 4.62. The second-order valence-corrected chi connectivity index (χ2v) is 6.05. The van der Waals surface area contributed by atoms with Crippen LogP contribution in [0.1, 0.15) is 72.6 Å². The van der Waals surface area contributed by atoms with Gasteiger partial charge in [-0.25, -0.2) is 0 Å². The van der Waals surface area contributed by atoms with Crippen molar-refractivity contribution in [2.24, 2.45) is 17.8 Å². The summed E-state index contributed by atoms with van der Waals surface area (Å²) in [6.07, 6.45) is 9.84. The van der Waals surface area contributed by atoms with Gasteiger partial charge in [0.2, 0.25) is 0 Å². The Morgan fingerprint density at radius 1 is 1.06 bits per heavy atom. The summed E-state index contributed by atoms with van der Waals surface area (Å²) in [4.78, 5) is 0. The molecule has 1 N–H and O–H groups in total. The van der Waals surface area contributed by atoms with Crippen LogP contribution in [0.5, 0.6) is 0 Å². The molecule has 102 valence electrons. The summed E-state index contributed by atoms with van der Waals surface area (Å²) in [6.45, 7) is 10.6. The van der Waals surface area contributed by atoms with Crippen molar-refractivity contribution in [1.29, 1.82) is 0 Å². The third-order valence-corrected chi connectivity index (χ3v) is 4.86. The van der Waals surface area contributed by atoms with E-state index in [0.29, 0.717) is 0 Å². The fourth-order valence-electron chi connectivity index (χ4n) is 3.35. The van der Waals surface area contributed by atoms with E-state index < -0.39 is 0 Å².